The van der Waals surface area contributed by atoms with E-state index in [0.29, 0.717) is 11.1 Å². The number of nitrogens with zero attached hydrogens (tertiary/aromatic N) is 1. The highest BCUT2D eigenvalue weighted by atomic mass is 32.2. The van der Waals surface area contributed by atoms with Gasteiger partial charge in [0.1, 0.15) is 5.82 Å². The third kappa shape index (κ3) is 5.03. The summed E-state index contributed by atoms with van der Waals surface area (Å²) in [7, 11) is -3.67. The van der Waals surface area contributed by atoms with Gasteiger partial charge in [-0.25, -0.2) is 12.8 Å². The first-order valence-electron chi connectivity index (χ1n) is 7.80. The molecule has 0 bridgehead atoms. The fraction of sp³-hybridized carbons (Fsp3) is 0.278. The zero-order chi connectivity index (χ0) is 18.6. The maximum Gasteiger partial charge on any atom is 0.251 e. The highest BCUT2D eigenvalue weighted by Crippen LogP contribution is 2.23. The number of amides is 1. The Morgan fingerprint density at radius 3 is 2.24 bits per heavy atom. The molecule has 0 spiro atoms. The Morgan fingerprint density at radius 2 is 1.72 bits per heavy atom. The average Bonchev–Trinajstić information content (AvgIpc) is 2.52. The van der Waals surface area contributed by atoms with Crippen molar-refractivity contribution in [2.75, 3.05) is 10.6 Å². The Labute approximate surface area is 147 Å². The highest BCUT2D eigenvalue weighted by molar-refractivity contribution is 7.92. The van der Waals surface area contributed by atoms with E-state index >= 15 is 0 Å². The first-order chi connectivity index (χ1) is 11.7. The maximum absolute atomic E-state index is 14.0. The largest absolute Gasteiger partial charge is 0.350 e. The van der Waals surface area contributed by atoms with E-state index in [9.17, 15) is 17.6 Å². The number of halogens is 1. The molecule has 0 aromatic heterocycles. The van der Waals surface area contributed by atoms with Crippen LogP contribution < -0.4 is 9.62 Å². The van der Waals surface area contributed by atoms with Crippen LogP contribution in [0.1, 0.15) is 29.8 Å². The van der Waals surface area contributed by atoms with Crippen molar-refractivity contribution in [3.05, 3.63) is 65.5 Å². The Kier molecular flexibility index (Phi) is 5.79. The molecule has 0 heterocycles. The molecule has 0 saturated heterocycles. The number of hydrogen-bond acceptors (Lipinski definition) is 3. The summed E-state index contributed by atoms with van der Waals surface area (Å²) in [6.45, 7) is 3.71. The molecule has 2 rings (SSSR count). The lowest BCUT2D eigenvalue weighted by Gasteiger charge is -2.23. The van der Waals surface area contributed by atoms with E-state index in [1.807, 2.05) is 13.8 Å². The normalized spacial score (nSPS) is 11.4. The molecule has 1 amide bonds. The van der Waals surface area contributed by atoms with E-state index in [2.05, 4.69) is 5.32 Å². The van der Waals surface area contributed by atoms with E-state index in [1.54, 1.807) is 30.3 Å². The minimum atomic E-state index is -3.67. The van der Waals surface area contributed by atoms with Crippen LogP contribution >= 0.6 is 0 Å². The summed E-state index contributed by atoms with van der Waals surface area (Å²) in [5, 5.41) is 2.78. The minimum Gasteiger partial charge on any atom is -0.350 e. The second-order valence-corrected chi connectivity index (χ2v) is 7.95. The molecule has 2 aromatic rings. The molecular formula is C18H21FN2O3S. The van der Waals surface area contributed by atoms with Crippen molar-refractivity contribution in [3.8, 4) is 0 Å². The Bertz CT molecular complexity index is 849. The van der Waals surface area contributed by atoms with Crippen molar-refractivity contribution in [1.29, 1.82) is 0 Å². The molecule has 0 atom stereocenters. The number of rotatable bonds is 6. The van der Waals surface area contributed by atoms with Gasteiger partial charge in [-0.3, -0.25) is 9.10 Å². The molecule has 0 saturated carbocycles. The molecule has 134 valence electrons. The van der Waals surface area contributed by atoms with Crippen LogP contribution in [0.15, 0.2) is 48.5 Å². The van der Waals surface area contributed by atoms with Crippen LogP contribution in [0.25, 0.3) is 0 Å². The molecule has 2 aromatic carbocycles. The molecule has 0 aliphatic rings. The minimum absolute atomic E-state index is 0.00775. The number of nitrogens with one attached hydrogen (secondary N) is 1. The first kappa shape index (κ1) is 18.9. The van der Waals surface area contributed by atoms with Crippen LogP contribution in [0.5, 0.6) is 0 Å². The van der Waals surface area contributed by atoms with E-state index in [4.69, 9.17) is 0 Å². The summed E-state index contributed by atoms with van der Waals surface area (Å²) in [6, 6.07) is 12.3. The van der Waals surface area contributed by atoms with E-state index in [1.165, 1.54) is 18.2 Å². The van der Waals surface area contributed by atoms with E-state index in [-0.39, 0.29) is 24.2 Å². The molecule has 0 fully saturated rings. The lowest BCUT2D eigenvalue weighted by Crippen LogP contribution is -2.31. The van der Waals surface area contributed by atoms with E-state index < -0.39 is 15.8 Å². The van der Waals surface area contributed by atoms with Crippen molar-refractivity contribution < 1.29 is 17.6 Å². The van der Waals surface area contributed by atoms with E-state index in [0.717, 1.165) is 10.6 Å². The van der Waals surface area contributed by atoms with Gasteiger partial charge in [-0.05, 0) is 43.7 Å². The third-order valence-electron chi connectivity index (χ3n) is 3.48. The summed E-state index contributed by atoms with van der Waals surface area (Å²) < 4.78 is 39.2. The number of carbonyl (C=O) groups is 1. The molecule has 5 nitrogen and oxygen atoms in total. The average molecular weight is 364 g/mol. The van der Waals surface area contributed by atoms with Gasteiger partial charge >= 0.3 is 0 Å². The molecule has 0 radical (unpaired) electrons. The van der Waals surface area contributed by atoms with Gasteiger partial charge in [0.2, 0.25) is 10.0 Å². The van der Waals surface area contributed by atoms with Crippen molar-refractivity contribution in [2.24, 2.45) is 0 Å². The van der Waals surface area contributed by atoms with Crippen LogP contribution in [-0.2, 0) is 16.6 Å². The number of hydrogen-bond donors (Lipinski definition) is 1. The third-order valence-corrected chi connectivity index (χ3v) is 4.61. The topological polar surface area (TPSA) is 66.5 Å². The van der Waals surface area contributed by atoms with Gasteiger partial charge in [0, 0.05) is 11.6 Å². The van der Waals surface area contributed by atoms with Crippen molar-refractivity contribution in [2.45, 2.75) is 26.4 Å². The second kappa shape index (κ2) is 7.65. The Hall–Kier alpha value is -2.41. The molecule has 1 N–H and O–H groups in total. The maximum atomic E-state index is 14.0. The fourth-order valence-corrected chi connectivity index (χ4v) is 3.20. The summed E-state index contributed by atoms with van der Waals surface area (Å²) in [6.07, 6.45) is 1.03. The standard InChI is InChI=1S/C18H21FN2O3S/c1-13(2)20-18(22)15-10-8-14(9-11-15)12-21(25(3,23)24)17-7-5-4-6-16(17)19/h4-11,13H,12H2,1-3H3,(H,20,22). The molecule has 7 heteroatoms. The van der Waals surface area contributed by atoms with Crippen LogP contribution in [0.3, 0.4) is 0 Å². The smallest absolute Gasteiger partial charge is 0.251 e. The molecular weight excluding hydrogens is 343 g/mol. The van der Waals surface area contributed by atoms with Crippen LogP contribution in [0.4, 0.5) is 10.1 Å². The number of para-hydroxylation sites is 1. The fourth-order valence-electron chi connectivity index (χ4n) is 2.31. The van der Waals surface area contributed by atoms with Crippen molar-refractivity contribution >= 4 is 21.6 Å². The lowest BCUT2D eigenvalue weighted by atomic mass is 10.1. The summed E-state index contributed by atoms with van der Waals surface area (Å²) in [5.41, 5.74) is 1.12. The Morgan fingerprint density at radius 1 is 1.12 bits per heavy atom. The summed E-state index contributed by atoms with van der Waals surface area (Å²) >= 11 is 0. The number of benzene rings is 2. The zero-order valence-electron chi connectivity index (χ0n) is 14.4. The second-order valence-electron chi connectivity index (χ2n) is 6.05. The number of sulfonamides is 1. The van der Waals surface area contributed by atoms with Crippen LogP contribution in [0.2, 0.25) is 0 Å². The predicted octanol–water partition coefficient (Wildman–Crippen LogP) is 2.93. The highest BCUT2D eigenvalue weighted by Gasteiger charge is 2.21. The zero-order valence-corrected chi connectivity index (χ0v) is 15.2. The SMILES string of the molecule is CC(C)NC(=O)c1ccc(CN(c2ccccc2F)S(C)(=O)=O)cc1. The first-order valence-corrected chi connectivity index (χ1v) is 9.65. The summed E-state index contributed by atoms with van der Waals surface area (Å²) in [4.78, 5) is 11.9. The predicted molar refractivity (Wildman–Crippen MR) is 96.5 cm³/mol. The van der Waals surface area contributed by atoms with Crippen molar-refractivity contribution in [3.63, 3.8) is 0 Å². The molecule has 0 aliphatic heterocycles. The summed E-state index contributed by atoms with van der Waals surface area (Å²) in [5.74, 6) is -0.809. The monoisotopic (exact) mass is 364 g/mol. The quantitative estimate of drug-likeness (QED) is 0.857. The van der Waals surface area contributed by atoms with Gasteiger partial charge in [-0.1, -0.05) is 24.3 Å². The molecule has 0 aliphatic carbocycles. The number of anilines is 1. The van der Waals surface area contributed by atoms with Gasteiger partial charge in [-0.2, -0.15) is 0 Å². The van der Waals surface area contributed by atoms with Gasteiger partial charge in [0.15, 0.2) is 0 Å². The van der Waals surface area contributed by atoms with Gasteiger partial charge < -0.3 is 5.32 Å². The Balaban J connectivity index is 2.26. The number of carbonyl (C=O) groups excluding carboxylic acids is 1. The van der Waals surface area contributed by atoms with Crippen LogP contribution in [0, 0.1) is 5.82 Å². The van der Waals surface area contributed by atoms with Gasteiger partial charge in [0.25, 0.3) is 5.91 Å². The molecule has 0 unspecified atom stereocenters. The van der Waals surface area contributed by atoms with Crippen molar-refractivity contribution in [1.82, 2.24) is 5.32 Å². The van der Waals surface area contributed by atoms with Gasteiger partial charge in [0.05, 0.1) is 18.5 Å². The molecule has 25 heavy (non-hydrogen) atoms. The van der Waals surface area contributed by atoms with Crippen LogP contribution in [-0.4, -0.2) is 26.6 Å². The lowest BCUT2D eigenvalue weighted by molar-refractivity contribution is 0.0943. The van der Waals surface area contributed by atoms with Gasteiger partial charge in [-0.15, -0.1) is 0 Å².